The highest BCUT2D eigenvalue weighted by atomic mass is 32.2. The largest absolute Gasteiger partial charge is 0.320 e. The summed E-state index contributed by atoms with van der Waals surface area (Å²) in [6.45, 7) is 1.85. The third-order valence-electron chi connectivity index (χ3n) is 3.74. The fraction of sp³-hybridized carbons (Fsp3) is 0.353. The first-order valence-electron chi connectivity index (χ1n) is 7.58. The number of nitrogens with one attached hydrogen (secondary N) is 1. The topological polar surface area (TPSA) is 54.9 Å². The van der Waals surface area contributed by atoms with Gasteiger partial charge in [-0.15, -0.1) is 11.8 Å². The van der Waals surface area contributed by atoms with Gasteiger partial charge >= 0.3 is 0 Å². The maximum Gasteiger partial charge on any atom is 0.275 e. The van der Waals surface area contributed by atoms with E-state index in [0.717, 1.165) is 16.3 Å². The van der Waals surface area contributed by atoms with Crippen LogP contribution in [-0.4, -0.2) is 21.1 Å². The lowest BCUT2D eigenvalue weighted by molar-refractivity contribution is 0.102. The Labute approximate surface area is 134 Å². The summed E-state index contributed by atoms with van der Waals surface area (Å²) in [5.74, 6) is -0.216. The molecule has 1 aromatic heterocycles. The lowest BCUT2D eigenvalue weighted by atomic mass is 10.3. The highest BCUT2D eigenvalue weighted by molar-refractivity contribution is 8.00. The summed E-state index contributed by atoms with van der Waals surface area (Å²) in [5.41, 5.74) is 1.99. The molecule has 3 rings (SSSR count). The van der Waals surface area contributed by atoms with E-state index in [0.29, 0.717) is 10.9 Å². The molecule has 0 bridgehead atoms. The second-order valence-corrected chi connectivity index (χ2v) is 6.86. The van der Waals surface area contributed by atoms with Crippen molar-refractivity contribution in [3.8, 4) is 0 Å². The van der Waals surface area contributed by atoms with Gasteiger partial charge in [0.1, 0.15) is 5.69 Å². The van der Waals surface area contributed by atoms with Crippen molar-refractivity contribution in [1.82, 2.24) is 9.97 Å². The van der Waals surface area contributed by atoms with Gasteiger partial charge in [0.2, 0.25) is 0 Å². The molecule has 0 atom stereocenters. The van der Waals surface area contributed by atoms with Crippen LogP contribution in [0, 0.1) is 6.92 Å². The first-order valence-corrected chi connectivity index (χ1v) is 8.46. The Morgan fingerprint density at radius 2 is 1.95 bits per heavy atom. The van der Waals surface area contributed by atoms with Crippen LogP contribution in [0.2, 0.25) is 0 Å². The van der Waals surface area contributed by atoms with Gasteiger partial charge in [-0.2, -0.15) is 0 Å². The zero-order chi connectivity index (χ0) is 15.4. The molecule has 4 nitrogen and oxygen atoms in total. The molecule has 1 heterocycles. The number of benzene rings is 1. The lowest BCUT2D eigenvalue weighted by Gasteiger charge is -2.13. The minimum absolute atomic E-state index is 0.216. The van der Waals surface area contributed by atoms with Crippen molar-refractivity contribution >= 4 is 23.4 Å². The van der Waals surface area contributed by atoms with Gasteiger partial charge in [-0.05, 0) is 31.9 Å². The van der Waals surface area contributed by atoms with Crippen molar-refractivity contribution in [3.05, 3.63) is 48.0 Å². The van der Waals surface area contributed by atoms with Crippen LogP contribution in [0.5, 0.6) is 0 Å². The normalized spacial score (nSPS) is 15.0. The summed E-state index contributed by atoms with van der Waals surface area (Å²) in [5, 5.41) is 3.62. The minimum Gasteiger partial charge on any atom is -0.320 e. The van der Waals surface area contributed by atoms with Crippen molar-refractivity contribution in [3.63, 3.8) is 0 Å². The SMILES string of the molecule is Cc1cnc(C(=O)Nc2ccccc2SC2CCCC2)cn1. The number of para-hydroxylation sites is 1. The van der Waals surface area contributed by atoms with Crippen molar-refractivity contribution < 1.29 is 4.79 Å². The zero-order valence-corrected chi connectivity index (χ0v) is 13.4. The van der Waals surface area contributed by atoms with Crippen LogP contribution in [-0.2, 0) is 0 Å². The predicted octanol–water partition coefficient (Wildman–Crippen LogP) is 4.07. The monoisotopic (exact) mass is 313 g/mol. The maximum atomic E-state index is 12.3. The van der Waals surface area contributed by atoms with Crippen LogP contribution in [0.4, 0.5) is 5.69 Å². The number of aryl methyl sites for hydroxylation is 1. The van der Waals surface area contributed by atoms with Crippen molar-refractivity contribution in [2.45, 2.75) is 42.8 Å². The molecule has 5 heteroatoms. The van der Waals surface area contributed by atoms with E-state index in [9.17, 15) is 4.79 Å². The van der Waals surface area contributed by atoms with Crippen LogP contribution in [0.25, 0.3) is 0 Å². The van der Waals surface area contributed by atoms with E-state index in [4.69, 9.17) is 0 Å². The molecule has 1 fully saturated rings. The number of hydrogen-bond donors (Lipinski definition) is 1. The first-order chi connectivity index (χ1) is 10.7. The number of hydrogen-bond acceptors (Lipinski definition) is 4. The number of carbonyl (C=O) groups is 1. The molecule has 1 amide bonds. The molecule has 1 aliphatic rings. The van der Waals surface area contributed by atoms with Gasteiger partial charge in [0.05, 0.1) is 17.6 Å². The molecule has 0 spiro atoms. The van der Waals surface area contributed by atoms with Crippen LogP contribution in [0.1, 0.15) is 41.9 Å². The average molecular weight is 313 g/mol. The second kappa shape index (κ2) is 6.92. The smallest absolute Gasteiger partial charge is 0.275 e. The number of rotatable bonds is 4. The quantitative estimate of drug-likeness (QED) is 0.924. The Kier molecular flexibility index (Phi) is 4.73. The van der Waals surface area contributed by atoms with E-state index in [2.05, 4.69) is 21.4 Å². The van der Waals surface area contributed by atoms with Crippen LogP contribution < -0.4 is 5.32 Å². The summed E-state index contributed by atoms with van der Waals surface area (Å²) in [4.78, 5) is 21.7. The van der Waals surface area contributed by atoms with Gasteiger partial charge in [-0.3, -0.25) is 9.78 Å². The molecule has 0 radical (unpaired) electrons. The Hall–Kier alpha value is -1.88. The number of carbonyl (C=O) groups excluding carboxylic acids is 1. The van der Waals surface area contributed by atoms with Crippen molar-refractivity contribution in [2.75, 3.05) is 5.32 Å². The van der Waals surface area contributed by atoms with E-state index < -0.39 is 0 Å². The van der Waals surface area contributed by atoms with Gasteiger partial charge in [0.15, 0.2) is 0 Å². The third-order valence-corrected chi connectivity index (χ3v) is 5.16. The van der Waals surface area contributed by atoms with Gasteiger partial charge < -0.3 is 5.32 Å². The van der Waals surface area contributed by atoms with Gasteiger partial charge in [0, 0.05) is 16.3 Å². The van der Waals surface area contributed by atoms with E-state index in [1.54, 1.807) is 6.20 Å². The van der Waals surface area contributed by atoms with Crippen molar-refractivity contribution in [2.24, 2.45) is 0 Å². The Morgan fingerprint density at radius 1 is 1.18 bits per heavy atom. The molecule has 1 N–H and O–H groups in total. The minimum atomic E-state index is -0.216. The molecule has 1 saturated carbocycles. The third kappa shape index (κ3) is 3.65. The first kappa shape index (κ1) is 15.0. The Balaban J connectivity index is 1.73. The summed E-state index contributed by atoms with van der Waals surface area (Å²) in [6, 6.07) is 7.96. The highest BCUT2D eigenvalue weighted by Crippen LogP contribution is 2.38. The molecule has 1 aromatic carbocycles. The molecule has 2 aromatic rings. The number of amides is 1. The van der Waals surface area contributed by atoms with Crippen molar-refractivity contribution in [1.29, 1.82) is 0 Å². The van der Waals surface area contributed by atoms with Crippen LogP contribution >= 0.6 is 11.8 Å². The number of thioether (sulfide) groups is 1. The molecule has 0 aliphatic heterocycles. The van der Waals surface area contributed by atoms with Crippen LogP contribution in [0.15, 0.2) is 41.6 Å². The maximum absolute atomic E-state index is 12.3. The zero-order valence-electron chi connectivity index (χ0n) is 12.6. The molecule has 0 unspecified atom stereocenters. The standard InChI is InChI=1S/C17H19N3OS/c1-12-10-19-15(11-18-12)17(21)20-14-8-4-5-9-16(14)22-13-6-2-3-7-13/h4-5,8-11,13H,2-3,6-7H2,1H3,(H,20,21). The van der Waals surface area contributed by atoms with Gasteiger partial charge in [-0.25, -0.2) is 4.98 Å². The summed E-state index contributed by atoms with van der Waals surface area (Å²) in [6.07, 6.45) is 8.26. The summed E-state index contributed by atoms with van der Waals surface area (Å²) in [7, 11) is 0. The Morgan fingerprint density at radius 3 is 2.68 bits per heavy atom. The molecule has 114 valence electrons. The molecule has 1 aliphatic carbocycles. The summed E-state index contributed by atoms with van der Waals surface area (Å²) >= 11 is 1.87. The lowest BCUT2D eigenvalue weighted by Crippen LogP contribution is -2.15. The summed E-state index contributed by atoms with van der Waals surface area (Å²) < 4.78 is 0. The second-order valence-electron chi connectivity index (χ2n) is 5.52. The molecule has 22 heavy (non-hydrogen) atoms. The fourth-order valence-electron chi connectivity index (χ4n) is 2.55. The number of aromatic nitrogens is 2. The van der Waals surface area contributed by atoms with Gasteiger partial charge in [-0.1, -0.05) is 25.0 Å². The highest BCUT2D eigenvalue weighted by Gasteiger charge is 2.18. The van der Waals surface area contributed by atoms with E-state index in [1.165, 1.54) is 31.9 Å². The predicted molar refractivity (Wildman–Crippen MR) is 89.3 cm³/mol. The molecular formula is C17H19N3OS. The fourth-order valence-corrected chi connectivity index (χ4v) is 3.89. The molecular weight excluding hydrogens is 294 g/mol. The van der Waals surface area contributed by atoms with E-state index >= 15 is 0 Å². The van der Waals surface area contributed by atoms with E-state index in [-0.39, 0.29) is 5.91 Å². The number of nitrogens with zero attached hydrogens (tertiary/aromatic N) is 2. The average Bonchev–Trinajstić information content (AvgIpc) is 3.03. The molecule has 0 saturated heterocycles. The number of anilines is 1. The Bertz CT molecular complexity index is 651. The van der Waals surface area contributed by atoms with Gasteiger partial charge in [0.25, 0.3) is 5.91 Å². The van der Waals surface area contributed by atoms with Crippen LogP contribution in [0.3, 0.4) is 0 Å². The van der Waals surface area contributed by atoms with E-state index in [1.807, 2.05) is 36.9 Å².